The molecule has 0 fully saturated rings. The van der Waals surface area contributed by atoms with Gasteiger partial charge in [-0.25, -0.2) is 0 Å². The van der Waals surface area contributed by atoms with Crippen molar-refractivity contribution in [2.45, 2.75) is 39.3 Å². The molecule has 0 bridgehead atoms. The first-order valence-corrected chi connectivity index (χ1v) is 9.06. The van der Waals surface area contributed by atoms with Gasteiger partial charge in [0.2, 0.25) is 11.8 Å². The molecule has 1 unspecified atom stereocenters. The number of benzene rings is 1. The second kappa shape index (κ2) is 6.99. The van der Waals surface area contributed by atoms with Crippen LogP contribution in [-0.4, -0.2) is 10.2 Å². The summed E-state index contributed by atoms with van der Waals surface area (Å²) >= 11 is 0. The molecular weight excluding hydrogens is 381 g/mol. The Morgan fingerprint density at radius 2 is 2.00 bits per heavy atom. The topological polar surface area (TPSA) is 87.7 Å². The van der Waals surface area contributed by atoms with E-state index in [0.29, 0.717) is 22.4 Å². The predicted molar refractivity (Wildman–Crippen MR) is 103 cm³/mol. The molecule has 8 heteroatoms. The smallest absolute Gasteiger partial charge is 0.416 e. The molecule has 3 N–H and O–H groups in total. The Bertz CT molecular complexity index is 1060. The van der Waals surface area contributed by atoms with E-state index in [4.69, 9.17) is 10.5 Å². The highest BCUT2D eigenvalue weighted by Crippen LogP contribution is 2.53. The van der Waals surface area contributed by atoms with Crippen molar-refractivity contribution in [3.63, 3.8) is 0 Å². The largest absolute Gasteiger partial charge is 0.420 e. The molecule has 0 radical (unpaired) electrons. The molecule has 3 rings (SSSR count). The Morgan fingerprint density at radius 3 is 2.55 bits per heavy atom. The first-order chi connectivity index (χ1) is 13.6. The average Bonchev–Trinajstić information content (AvgIpc) is 3.00. The zero-order valence-corrected chi connectivity index (χ0v) is 16.5. The third-order valence-corrected chi connectivity index (χ3v) is 5.23. The van der Waals surface area contributed by atoms with E-state index in [9.17, 15) is 18.4 Å². The van der Waals surface area contributed by atoms with Crippen LogP contribution in [0.15, 0.2) is 35.7 Å². The number of allylic oxidation sites excluding steroid dienone is 2. The normalized spacial score (nSPS) is 19.4. The van der Waals surface area contributed by atoms with E-state index in [1.165, 1.54) is 0 Å². The number of rotatable bonds is 3. The molecule has 2 heterocycles. The fraction of sp³-hybridized carbons (Fsp3) is 0.333. The number of ether oxygens (including phenoxy) is 1. The van der Waals surface area contributed by atoms with E-state index in [0.717, 1.165) is 12.1 Å². The second-order valence-corrected chi connectivity index (χ2v) is 7.29. The molecule has 0 spiro atoms. The fourth-order valence-corrected chi connectivity index (χ4v) is 4.09. The maximum absolute atomic E-state index is 13.7. The third kappa shape index (κ3) is 3.07. The molecule has 2 aromatic rings. The second-order valence-electron chi connectivity index (χ2n) is 7.29. The highest BCUT2D eigenvalue weighted by molar-refractivity contribution is 5.64. The van der Waals surface area contributed by atoms with Crippen LogP contribution in [0.2, 0.25) is 0 Å². The van der Waals surface area contributed by atoms with Gasteiger partial charge in [0, 0.05) is 5.69 Å². The zero-order valence-electron chi connectivity index (χ0n) is 16.5. The van der Waals surface area contributed by atoms with E-state index in [2.05, 4.69) is 16.3 Å². The highest BCUT2D eigenvalue weighted by atomic mass is 19.4. The van der Waals surface area contributed by atoms with Gasteiger partial charge in [-0.2, -0.15) is 18.4 Å². The summed E-state index contributed by atoms with van der Waals surface area (Å²) in [6.45, 7) is 7.14. The first-order valence-electron chi connectivity index (χ1n) is 9.06. The van der Waals surface area contributed by atoms with Crippen molar-refractivity contribution in [2.75, 3.05) is 0 Å². The Kier molecular flexibility index (Phi) is 4.95. The van der Waals surface area contributed by atoms with Gasteiger partial charge < -0.3 is 10.5 Å². The lowest BCUT2D eigenvalue weighted by Gasteiger charge is -2.41. The lowest BCUT2D eigenvalue weighted by atomic mass is 9.61. The van der Waals surface area contributed by atoms with Crippen LogP contribution in [0.1, 0.15) is 48.7 Å². The monoisotopic (exact) mass is 402 g/mol. The number of alkyl halides is 3. The van der Waals surface area contributed by atoms with E-state index in [-0.39, 0.29) is 23.3 Å². The number of aryl methyl sites for hydroxylation is 1. The van der Waals surface area contributed by atoms with Crippen molar-refractivity contribution >= 4 is 6.08 Å². The number of nitrogens with two attached hydrogens (primary N) is 1. The molecule has 1 aliphatic heterocycles. The minimum Gasteiger partial charge on any atom is -0.420 e. The zero-order chi connectivity index (χ0) is 21.6. The van der Waals surface area contributed by atoms with Gasteiger partial charge in [-0.05, 0) is 43.0 Å². The van der Waals surface area contributed by atoms with Crippen LogP contribution in [0.4, 0.5) is 13.2 Å². The predicted octanol–water partition coefficient (Wildman–Crippen LogP) is 4.80. The summed E-state index contributed by atoms with van der Waals surface area (Å²) in [5.74, 6) is -0.320. The summed E-state index contributed by atoms with van der Waals surface area (Å²) in [6, 6.07) is 5.90. The molecule has 1 aromatic carbocycles. The van der Waals surface area contributed by atoms with Crippen LogP contribution >= 0.6 is 0 Å². The molecule has 1 aromatic heterocycles. The molecule has 5 nitrogen and oxygen atoms in total. The summed E-state index contributed by atoms with van der Waals surface area (Å²) < 4.78 is 46.6. The average molecular weight is 402 g/mol. The number of nitrogens with one attached hydrogen (secondary N) is 1. The maximum Gasteiger partial charge on any atom is 0.416 e. The van der Waals surface area contributed by atoms with Crippen LogP contribution in [0.5, 0.6) is 5.88 Å². The number of nitrogens with zero attached hydrogens (tertiary/aromatic N) is 2. The quantitative estimate of drug-likeness (QED) is 0.772. The van der Waals surface area contributed by atoms with E-state index in [1.54, 1.807) is 32.1 Å². The summed E-state index contributed by atoms with van der Waals surface area (Å²) in [7, 11) is 0. The van der Waals surface area contributed by atoms with Crippen molar-refractivity contribution in [3.8, 4) is 11.9 Å². The SMILES string of the molecule is C/C=C/c1cc(C(F)(F)F)cc(C2(C(C)C)C(C#N)=C(N)Oc3n[nH]c(C)c32)c1. The van der Waals surface area contributed by atoms with Crippen LogP contribution in [0.3, 0.4) is 0 Å². The number of fused-ring (bicyclic) bond motifs is 1. The number of hydrogen-bond donors (Lipinski definition) is 2. The number of hydrogen-bond acceptors (Lipinski definition) is 4. The molecule has 1 aliphatic rings. The Labute approximate surface area is 166 Å². The molecule has 0 saturated carbocycles. The maximum atomic E-state index is 13.7. The third-order valence-electron chi connectivity index (χ3n) is 5.23. The van der Waals surface area contributed by atoms with Crippen molar-refractivity contribution in [1.29, 1.82) is 5.26 Å². The number of aromatic nitrogens is 2. The van der Waals surface area contributed by atoms with Crippen LogP contribution in [-0.2, 0) is 11.6 Å². The van der Waals surface area contributed by atoms with Crippen LogP contribution in [0.25, 0.3) is 6.08 Å². The Hall–Kier alpha value is -3.21. The van der Waals surface area contributed by atoms with Gasteiger partial charge in [0.1, 0.15) is 11.6 Å². The first kappa shape index (κ1) is 20.5. The van der Waals surface area contributed by atoms with Crippen LogP contribution in [0, 0.1) is 24.2 Å². The molecule has 1 atom stereocenters. The van der Waals surface area contributed by atoms with Crippen molar-refractivity contribution in [1.82, 2.24) is 10.2 Å². The van der Waals surface area contributed by atoms with Gasteiger partial charge in [-0.3, -0.25) is 5.10 Å². The van der Waals surface area contributed by atoms with Crippen molar-refractivity contribution < 1.29 is 17.9 Å². The van der Waals surface area contributed by atoms with Gasteiger partial charge in [-0.15, -0.1) is 5.10 Å². The van der Waals surface area contributed by atoms with Crippen LogP contribution < -0.4 is 10.5 Å². The summed E-state index contributed by atoms with van der Waals surface area (Å²) in [4.78, 5) is 0. The number of aromatic amines is 1. The van der Waals surface area contributed by atoms with E-state index < -0.39 is 17.2 Å². The lowest BCUT2D eigenvalue weighted by molar-refractivity contribution is -0.137. The highest BCUT2D eigenvalue weighted by Gasteiger charge is 2.51. The molecule has 0 aliphatic carbocycles. The van der Waals surface area contributed by atoms with Gasteiger partial charge >= 0.3 is 6.18 Å². The minimum absolute atomic E-state index is 0.0650. The molecule has 29 heavy (non-hydrogen) atoms. The minimum atomic E-state index is -4.55. The van der Waals surface area contributed by atoms with E-state index in [1.807, 2.05) is 13.8 Å². The van der Waals surface area contributed by atoms with Gasteiger partial charge in [0.05, 0.1) is 16.5 Å². The van der Waals surface area contributed by atoms with Gasteiger partial charge in [0.25, 0.3) is 0 Å². The Balaban J connectivity index is 2.49. The number of halogens is 3. The van der Waals surface area contributed by atoms with Crippen molar-refractivity contribution in [3.05, 3.63) is 63.7 Å². The number of nitriles is 1. The fourth-order valence-electron chi connectivity index (χ4n) is 4.09. The summed E-state index contributed by atoms with van der Waals surface area (Å²) in [5.41, 5.74) is 5.85. The van der Waals surface area contributed by atoms with Crippen molar-refractivity contribution in [2.24, 2.45) is 11.7 Å². The molecule has 0 amide bonds. The van der Waals surface area contributed by atoms with Gasteiger partial charge in [0.15, 0.2) is 0 Å². The molecule has 0 saturated heterocycles. The lowest BCUT2D eigenvalue weighted by Crippen LogP contribution is -2.41. The molecule has 152 valence electrons. The van der Waals surface area contributed by atoms with E-state index >= 15 is 0 Å². The number of H-pyrrole nitrogens is 1. The van der Waals surface area contributed by atoms with Gasteiger partial charge in [-0.1, -0.05) is 32.1 Å². The summed E-state index contributed by atoms with van der Waals surface area (Å²) in [6.07, 6.45) is -1.30. The standard InChI is InChI=1S/C21H21F3N4O/c1-5-6-13-7-14(9-15(8-13)21(22,23)24)20(11(2)3)16(10-25)18(26)29-19-17(20)12(4)27-28-19/h5-9,11H,26H2,1-4H3,(H,27,28)/b6-5+. The Morgan fingerprint density at radius 1 is 1.31 bits per heavy atom. The molecular formula is C21H21F3N4O. The summed E-state index contributed by atoms with van der Waals surface area (Å²) in [5, 5.41) is 16.8.